The maximum Gasteiger partial charge on any atom is 0.314 e. The summed E-state index contributed by atoms with van der Waals surface area (Å²) in [5.41, 5.74) is 4.18. The summed E-state index contributed by atoms with van der Waals surface area (Å²) in [6.45, 7) is 6.88. The molecule has 2 amide bonds. The van der Waals surface area contributed by atoms with Crippen molar-refractivity contribution in [3.63, 3.8) is 0 Å². The minimum Gasteiger partial charge on any atom is -0.344 e. The van der Waals surface area contributed by atoms with Crippen molar-refractivity contribution in [2.45, 2.75) is 39.4 Å². The number of aromatic nitrogens is 2. The molecular formula is C25H29N5O2. The third-order valence-electron chi connectivity index (χ3n) is 5.96. The predicted molar refractivity (Wildman–Crippen MR) is 124 cm³/mol. The zero-order chi connectivity index (χ0) is 22.5. The lowest BCUT2D eigenvalue weighted by molar-refractivity contribution is -0.136. The fourth-order valence-electron chi connectivity index (χ4n) is 4.11. The van der Waals surface area contributed by atoms with Crippen LogP contribution in [0, 0.1) is 13.8 Å². The summed E-state index contributed by atoms with van der Waals surface area (Å²) < 4.78 is 1.85. The number of carbonyl (C=O) groups is 2. The molecule has 1 saturated heterocycles. The molecule has 166 valence electrons. The first-order valence-electron chi connectivity index (χ1n) is 11.0. The van der Waals surface area contributed by atoms with Gasteiger partial charge >= 0.3 is 11.8 Å². The average Bonchev–Trinajstić information content (AvgIpc) is 3.40. The van der Waals surface area contributed by atoms with Gasteiger partial charge in [-0.2, -0.15) is 5.10 Å². The zero-order valence-electron chi connectivity index (χ0n) is 18.5. The number of hydrogen-bond donors (Lipinski definition) is 2. The second kappa shape index (κ2) is 9.78. The molecule has 1 atom stereocenters. The predicted octanol–water partition coefficient (Wildman–Crippen LogP) is 3.20. The van der Waals surface area contributed by atoms with E-state index in [0.29, 0.717) is 12.4 Å². The quantitative estimate of drug-likeness (QED) is 0.588. The molecule has 3 aromatic rings. The molecule has 1 aliphatic heterocycles. The number of benzene rings is 2. The molecule has 0 saturated carbocycles. The Hall–Kier alpha value is -3.45. The largest absolute Gasteiger partial charge is 0.344 e. The van der Waals surface area contributed by atoms with Gasteiger partial charge in [0.25, 0.3) is 0 Å². The molecule has 0 aliphatic carbocycles. The van der Waals surface area contributed by atoms with Gasteiger partial charge in [0.15, 0.2) is 0 Å². The molecule has 1 aromatic heterocycles. The van der Waals surface area contributed by atoms with E-state index in [1.165, 1.54) is 5.56 Å². The molecule has 1 aliphatic rings. The normalized spacial score (nSPS) is 16.1. The fourth-order valence-corrected chi connectivity index (χ4v) is 4.11. The highest BCUT2D eigenvalue weighted by atomic mass is 16.2. The molecule has 0 spiro atoms. The molecular weight excluding hydrogens is 402 g/mol. The smallest absolute Gasteiger partial charge is 0.314 e. The van der Waals surface area contributed by atoms with E-state index in [0.717, 1.165) is 42.7 Å². The lowest BCUT2D eigenvalue weighted by Crippen LogP contribution is -2.36. The van der Waals surface area contributed by atoms with Gasteiger partial charge < -0.3 is 10.6 Å². The van der Waals surface area contributed by atoms with Crippen LogP contribution in [-0.2, 0) is 22.7 Å². The Bertz CT molecular complexity index is 1090. The maximum atomic E-state index is 12.6. The van der Waals surface area contributed by atoms with Crippen molar-refractivity contribution < 1.29 is 9.59 Å². The minimum absolute atomic E-state index is 0.151. The summed E-state index contributed by atoms with van der Waals surface area (Å²) >= 11 is 0. The number of amides is 2. The zero-order valence-corrected chi connectivity index (χ0v) is 18.5. The summed E-state index contributed by atoms with van der Waals surface area (Å²) in [6, 6.07) is 18.3. The van der Waals surface area contributed by atoms with Crippen LogP contribution in [-0.4, -0.2) is 39.6 Å². The highest BCUT2D eigenvalue weighted by Crippen LogP contribution is 2.27. The van der Waals surface area contributed by atoms with E-state index >= 15 is 0 Å². The van der Waals surface area contributed by atoms with Gasteiger partial charge in [0, 0.05) is 31.7 Å². The first kappa shape index (κ1) is 21.8. The van der Waals surface area contributed by atoms with E-state index in [1.54, 1.807) is 6.20 Å². The number of likely N-dealkylation sites (tertiary alicyclic amines) is 1. The van der Waals surface area contributed by atoms with Crippen molar-refractivity contribution in [2.24, 2.45) is 0 Å². The van der Waals surface area contributed by atoms with Crippen LogP contribution in [0.4, 0.5) is 5.82 Å². The molecule has 1 fully saturated rings. The second-order valence-corrected chi connectivity index (χ2v) is 8.35. The van der Waals surface area contributed by atoms with Gasteiger partial charge in [-0.25, -0.2) is 4.68 Å². The second-order valence-electron chi connectivity index (χ2n) is 8.35. The Kier molecular flexibility index (Phi) is 6.66. The number of rotatable bonds is 6. The van der Waals surface area contributed by atoms with E-state index in [4.69, 9.17) is 0 Å². The summed E-state index contributed by atoms with van der Waals surface area (Å²) in [4.78, 5) is 27.3. The molecule has 4 rings (SSSR count). The van der Waals surface area contributed by atoms with Gasteiger partial charge in [0.1, 0.15) is 5.82 Å². The Morgan fingerprint density at radius 1 is 1.00 bits per heavy atom. The molecule has 1 unspecified atom stereocenters. The van der Waals surface area contributed by atoms with Crippen LogP contribution >= 0.6 is 0 Å². The number of carbonyl (C=O) groups excluding carboxylic acids is 2. The fraction of sp³-hybridized carbons (Fsp3) is 0.320. The number of nitrogens with zero attached hydrogens (tertiary/aromatic N) is 3. The lowest BCUT2D eigenvalue weighted by Gasteiger charge is -2.18. The first-order chi connectivity index (χ1) is 15.5. The molecule has 0 bridgehead atoms. The van der Waals surface area contributed by atoms with Crippen LogP contribution in [0.1, 0.15) is 34.7 Å². The van der Waals surface area contributed by atoms with E-state index in [1.807, 2.05) is 48.9 Å². The Morgan fingerprint density at radius 3 is 2.53 bits per heavy atom. The van der Waals surface area contributed by atoms with Crippen LogP contribution < -0.4 is 10.6 Å². The maximum absolute atomic E-state index is 12.6. The number of nitrogens with one attached hydrogen (secondary N) is 2. The van der Waals surface area contributed by atoms with Crippen LogP contribution in [0.2, 0.25) is 0 Å². The van der Waals surface area contributed by atoms with Crippen LogP contribution in [0.25, 0.3) is 0 Å². The number of anilines is 1. The number of aryl methyl sites for hydroxylation is 2. The summed E-state index contributed by atoms with van der Waals surface area (Å²) in [5.74, 6) is -0.743. The third kappa shape index (κ3) is 5.06. The topological polar surface area (TPSA) is 79.3 Å². The van der Waals surface area contributed by atoms with Gasteiger partial charge in [-0.1, -0.05) is 54.6 Å². The van der Waals surface area contributed by atoms with Crippen LogP contribution in [0.5, 0.6) is 0 Å². The number of hydrogen-bond acceptors (Lipinski definition) is 4. The summed E-state index contributed by atoms with van der Waals surface area (Å²) in [6.07, 6.45) is 2.68. The standard InChI is InChI=1S/C25H29N5O2/c1-18-8-6-7-11-21(18)15-26-24(31)25(32)28-23-19(2)14-27-30(23)22-12-13-29(17-22)16-20-9-4-3-5-10-20/h3-11,14,22H,12-13,15-17H2,1-2H3,(H,26,31)(H,28,32). The van der Waals surface area contributed by atoms with Crippen molar-refractivity contribution >= 4 is 17.6 Å². The molecule has 7 heteroatoms. The van der Waals surface area contributed by atoms with Gasteiger partial charge in [-0.15, -0.1) is 0 Å². The molecule has 0 radical (unpaired) electrons. The molecule has 2 heterocycles. The van der Waals surface area contributed by atoms with E-state index < -0.39 is 11.8 Å². The highest BCUT2D eigenvalue weighted by Gasteiger charge is 2.28. The van der Waals surface area contributed by atoms with E-state index in [-0.39, 0.29) is 6.04 Å². The van der Waals surface area contributed by atoms with E-state index in [9.17, 15) is 9.59 Å². The summed E-state index contributed by atoms with van der Waals surface area (Å²) in [5, 5.41) is 9.99. The molecule has 2 N–H and O–H groups in total. The van der Waals surface area contributed by atoms with Gasteiger partial charge in [0.05, 0.1) is 12.2 Å². The van der Waals surface area contributed by atoms with Crippen molar-refractivity contribution in [2.75, 3.05) is 18.4 Å². The van der Waals surface area contributed by atoms with Crippen molar-refractivity contribution in [1.82, 2.24) is 20.0 Å². The average molecular weight is 432 g/mol. The molecule has 7 nitrogen and oxygen atoms in total. The molecule has 2 aromatic carbocycles. The third-order valence-corrected chi connectivity index (χ3v) is 5.96. The van der Waals surface area contributed by atoms with Crippen molar-refractivity contribution in [3.8, 4) is 0 Å². The minimum atomic E-state index is -0.678. The van der Waals surface area contributed by atoms with Crippen LogP contribution in [0.3, 0.4) is 0 Å². The highest BCUT2D eigenvalue weighted by molar-refractivity contribution is 6.39. The van der Waals surface area contributed by atoms with Gasteiger partial charge in [0.2, 0.25) is 0 Å². The monoisotopic (exact) mass is 431 g/mol. The molecule has 32 heavy (non-hydrogen) atoms. The van der Waals surface area contributed by atoms with Gasteiger partial charge in [-0.05, 0) is 37.0 Å². The Morgan fingerprint density at radius 2 is 1.75 bits per heavy atom. The van der Waals surface area contributed by atoms with Crippen LogP contribution in [0.15, 0.2) is 60.8 Å². The van der Waals surface area contributed by atoms with Crippen molar-refractivity contribution in [3.05, 3.63) is 83.0 Å². The Balaban J connectivity index is 1.37. The first-order valence-corrected chi connectivity index (χ1v) is 11.0. The van der Waals surface area contributed by atoms with Crippen molar-refractivity contribution in [1.29, 1.82) is 0 Å². The SMILES string of the molecule is Cc1ccccc1CNC(=O)C(=O)Nc1c(C)cnn1C1CCN(Cc2ccccc2)C1. The van der Waals surface area contributed by atoms with Gasteiger partial charge in [-0.3, -0.25) is 14.5 Å². The van der Waals surface area contributed by atoms with E-state index in [2.05, 4.69) is 44.9 Å². The Labute approximate surface area is 188 Å². The summed E-state index contributed by atoms with van der Waals surface area (Å²) in [7, 11) is 0. The lowest BCUT2D eigenvalue weighted by atomic mass is 10.1.